The number of unbranched alkanes of at least 4 members (excludes halogenated alkanes) is 1. The van der Waals surface area contributed by atoms with Gasteiger partial charge in [-0.05, 0) is 38.0 Å². The Balaban J connectivity index is 1.49. The maximum absolute atomic E-state index is 5.70. The third-order valence-corrected chi connectivity index (χ3v) is 3.95. The van der Waals surface area contributed by atoms with E-state index >= 15 is 0 Å². The van der Waals surface area contributed by atoms with Gasteiger partial charge in [0.15, 0.2) is 0 Å². The molecular formula is C12H18ClNOS. The molecule has 0 aromatic carbocycles. The summed E-state index contributed by atoms with van der Waals surface area (Å²) in [5.74, 6) is 1.41. The first-order valence-electron chi connectivity index (χ1n) is 5.95. The Morgan fingerprint density at radius 2 is 2.31 bits per heavy atom. The van der Waals surface area contributed by atoms with Crippen molar-refractivity contribution in [1.82, 2.24) is 4.98 Å². The van der Waals surface area contributed by atoms with Crippen LogP contribution in [0.3, 0.4) is 0 Å². The van der Waals surface area contributed by atoms with Crippen LogP contribution in [-0.4, -0.2) is 18.2 Å². The number of hydrogen-bond donors (Lipinski definition) is 0. The molecule has 0 bridgehead atoms. The summed E-state index contributed by atoms with van der Waals surface area (Å²) in [4.78, 5) is 4.43. The van der Waals surface area contributed by atoms with E-state index in [0.717, 1.165) is 37.7 Å². The van der Waals surface area contributed by atoms with Crippen LogP contribution in [0.2, 0.25) is 0 Å². The van der Waals surface area contributed by atoms with Gasteiger partial charge < -0.3 is 4.74 Å². The molecule has 2 rings (SSSR count). The summed E-state index contributed by atoms with van der Waals surface area (Å²) in [7, 11) is 0. The van der Waals surface area contributed by atoms with Crippen LogP contribution < -0.4 is 0 Å². The van der Waals surface area contributed by atoms with Gasteiger partial charge in [-0.2, -0.15) is 0 Å². The maximum Gasteiger partial charge on any atom is 0.0928 e. The minimum Gasteiger partial charge on any atom is -0.381 e. The average molecular weight is 260 g/mol. The van der Waals surface area contributed by atoms with Gasteiger partial charge in [0.1, 0.15) is 0 Å². The van der Waals surface area contributed by atoms with Crippen molar-refractivity contribution in [3.63, 3.8) is 0 Å². The molecule has 1 aliphatic carbocycles. The molecule has 0 radical (unpaired) electrons. The first-order valence-corrected chi connectivity index (χ1v) is 7.37. The normalized spacial score (nSPS) is 15.6. The number of ether oxygens (including phenoxy) is 1. The number of nitrogens with zero attached hydrogens (tertiary/aromatic N) is 1. The molecule has 0 N–H and O–H groups in total. The van der Waals surface area contributed by atoms with Gasteiger partial charge in [-0.1, -0.05) is 0 Å². The van der Waals surface area contributed by atoms with E-state index in [1.165, 1.54) is 24.3 Å². The summed E-state index contributed by atoms with van der Waals surface area (Å²) in [5, 5.41) is 3.25. The maximum atomic E-state index is 5.70. The highest BCUT2D eigenvalue weighted by Gasteiger charge is 2.20. The lowest BCUT2D eigenvalue weighted by molar-refractivity contribution is 0.121. The zero-order chi connectivity index (χ0) is 11.2. The first-order chi connectivity index (χ1) is 7.88. The average Bonchev–Trinajstić information content (AvgIpc) is 3.01. The van der Waals surface area contributed by atoms with Crippen molar-refractivity contribution in [2.24, 2.45) is 5.92 Å². The van der Waals surface area contributed by atoms with Gasteiger partial charge in [0.25, 0.3) is 0 Å². The summed E-state index contributed by atoms with van der Waals surface area (Å²) in [6, 6.07) is 0. The molecule has 1 fully saturated rings. The Kier molecular flexibility index (Phi) is 5.07. The van der Waals surface area contributed by atoms with Crippen molar-refractivity contribution in [3.8, 4) is 0 Å². The smallest absolute Gasteiger partial charge is 0.0928 e. The summed E-state index contributed by atoms with van der Waals surface area (Å²) in [6.07, 6.45) is 6.12. The minimum atomic E-state index is 0.529. The lowest BCUT2D eigenvalue weighted by Crippen LogP contribution is -1.99. The number of halogens is 1. The van der Waals surface area contributed by atoms with Crippen LogP contribution in [0, 0.1) is 5.92 Å². The van der Waals surface area contributed by atoms with E-state index in [-0.39, 0.29) is 0 Å². The van der Waals surface area contributed by atoms with Crippen LogP contribution in [0.4, 0.5) is 0 Å². The lowest BCUT2D eigenvalue weighted by atomic mass is 10.2. The van der Waals surface area contributed by atoms with E-state index in [4.69, 9.17) is 16.3 Å². The van der Waals surface area contributed by atoms with E-state index < -0.39 is 0 Å². The molecule has 1 aliphatic rings. The quantitative estimate of drug-likeness (QED) is 0.525. The van der Waals surface area contributed by atoms with Crippen molar-refractivity contribution in [2.45, 2.75) is 38.0 Å². The largest absolute Gasteiger partial charge is 0.381 e. The monoisotopic (exact) mass is 259 g/mol. The van der Waals surface area contributed by atoms with Gasteiger partial charge in [-0.15, -0.1) is 22.9 Å². The van der Waals surface area contributed by atoms with Gasteiger partial charge >= 0.3 is 0 Å². The first kappa shape index (κ1) is 12.3. The molecule has 1 heterocycles. The molecule has 4 heteroatoms. The van der Waals surface area contributed by atoms with Crippen LogP contribution in [0.5, 0.6) is 0 Å². The predicted octanol–water partition coefficient (Wildman–Crippen LogP) is 3.63. The van der Waals surface area contributed by atoms with Crippen molar-refractivity contribution >= 4 is 22.9 Å². The number of rotatable bonds is 8. The molecule has 1 aromatic heterocycles. The molecule has 0 saturated heterocycles. The second kappa shape index (κ2) is 6.58. The molecule has 0 atom stereocenters. The predicted molar refractivity (Wildman–Crippen MR) is 68.2 cm³/mol. The Morgan fingerprint density at radius 3 is 3.00 bits per heavy atom. The summed E-state index contributed by atoms with van der Waals surface area (Å²) >= 11 is 7.42. The number of aromatic nitrogens is 1. The highest BCUT2D eigenvalue weighted by molar-refractivity contribution is 7.09. The third-order valence-electron chi connectivity index (χ3n) is 2.72. The zero-order valence-electron chi connectivity index (χ0n) is 9.45. The molecule has 0 aliphatic heterocycles. The van der Waals surface area contributed by atoms with E-state index in [0.29, 0.717) is 5.88 Å². The van der Waals surface area contributed by atoms with Crippen LogP contribution >= 0.6 is 22.9 Å². The van der Waals surface area contributed by atoms with Crippen molar-refractivity contribution < 1.29 is 4.74 Å². The molecule has 1 saturated carbocycles. The second-order valence-corrected chi connectivity index (χ2v) is 5.55. The molecule has 0 amide bonds. The van der Waals surface area contributed by atoms with Crippen molar-refractivity contribution in [3.05, 3.63) is 16.1 Å². The number of alkyl halides is 1. The fourth-order valence-corrected chi connectivity index (χ4v) is 2.61. The lowest BCUT2D eigenvalue weighted by Gasteiger charge is -2.01. The Labute approximate surface area is 106 Å². The Bertz CT molecular complexity index is 312. The second-order valence-electron chi connectivity index (χ2n) is 4.34. The van der Waals surface area contributed by atoms with E-state index in [9.17, 15) is 0 Å². The van der Waals surface area contributed by atoms with Crippen molar-refractivity contribution in [2.75, 3.05) is 13.2 Å². The number of thiazole rings is 1. The van der Waals surface area contributed by atoms with Gasteiger partial charge in [-0.25, -0.2) is 4.98 Å². The van der Waals surface area contributed by atoms with Gasteiger partial charge in [0.2, 0.25) is 0 Å². The van der Waals surface area contributed by atoms with Crippen molar-refractivity contribution in [1.29, 1.82) is 0 Å². The van der Waals surface area contributed by atoms with Crippen LogP contribution in [0.25, 0.3) is 0 Å². The topological polar surface area (TPSA) is 22.1 Å². The SMILES string of the molecule is ClCc1csc(CCCCOCC2CC2)n1. The van der Waals surface area contributed by atoms with Gasteiger partial charge in [0.05, 0.1) is 16.6 Å². The summed E-state index contributed by atoms with van der Waals surface area (Å²) in [5.41, 5.74) is 1.01. The highest BCUT2D eigenvalue weighted by Crippen LogP contribution is 2.28. The minimum absolute atomic E-state index is 0.529. The third kappa shape index (κ3) is 4.40. The Hall–Kier alpha value is -0.120. The fraction of sp³-hybridized carbons (Fsp3) is 0.750. The molecule has 0 spiro atoms. The Morgan fingerprint density at radius 1 is 1.44 bits per heavy atom. The van der Waals surface area contributed by atoms with E-state index in [1.807, 2.05) is 5.38 Å². The van der Waals surface area contributed by atoms with Gasteiger partial charge in [0, 0.05) is 18.6 Å². The molecule has 0 unspecified atom stereocenters. The molecule has 90 valence electrons. The molecule has 16 heavy (non-hydrogen) atoms. The van der Waals surface area contributed by atoms with E-state index in [2.05, 4.69) is 4.98 Å². The zero-order valence-corrected chi connectivity index (χ0v) is 11.0. The standard InChI is InChI=1S/C12H18ClNOS/c13-7-11-9-16-12(14-11)3-1-2-6-15-8-10-4-5-10/h9-10H,1-8H2. The molecule has 2 nitrogen and oxygen atoms in total. The fourth-order valence-electron chi connectivity index (χ4n) is 1.54. The van der Waals surface area contributed by atoms with Crippen LogP contribution in [0.15, 0.2) is 5.38 Å². The molecule has 1 aromatic rings. The number of aryl methyl sites for hydroxylation is 1. The summed E-state index contributed by atoms with van der Waals surface area (Å²) < 4.78 is 5.58. The number of hydrogen-bond acceptors (Lipinski definition) is 3. The van der Waals surface area contributed by atoms with E-state index in [1.54, 1.807) is 11.3 Å². The highest BCUT2D eigenvalue weighted by atomic mass is 35.5. The van der Waals surface area contributed by atoms with Crippen LogP contribution in [-0.2, 0) is 17.0 Å². The summed E-state index contributed by atoms with van der Waals surface area (Å²) in [6.45, 7) is 1.89. The van der Waals surface area contributed by atoms with Crippen LogP contribution in [0.1, 0.15) is 36.4 Å². The van der Waals surface area contributed by atoms with Gasteiger partial charge in [-0.3, -0.25) is 0 Å². The molecular weight excluding hydrogens is 242 g/mol.